The third-order valence-electron chi connectivity index (χ3n) is 0.866. The maximum absolute atomic E-state index is 6.95. The Bertz CT molecular complexity index is 55.0. The van der Waals surface area contributed by atoms with E-state index >= 15 is 0 Å². The molecule has 0 saturated carbocycles. The van der Waals surface area contributed by atoms with Gasteiger partial charge in [-0.05, 0) is 12.8 Å². The molecule has 0 aromatic heterocycles. The first-order valence-corrected chi connectivity index (χ1v) is 2.19. The van der Waals surface area contributed by atoms with Gasteiger partial charge in [-0.2, -0.15) is 0 Å². The van der Waals surface area contributed by atoms with Gasteiger partial charge in [0.25, 0.3) is 0 Å². The van der Waals surface area contributed by atoms with Crippen LogP contribution in [0.4, 0.5) is 0 Å². The molecule has 0 atom stereocenters. The Morgan fingerprint density at radius 2 is 1.67 bits per heavy atom. The predicted octanol–water partition coefficient (Wildman–Crippen LogP) is 1.68. The van der Waals surface area contributed by atoms with E-state index in [0.717, 1.165) is 5.71 Å². The smallest absolute Gasteiger partial charge is 0.00836 e. The van der Waals surface area contributed by atoms with Crippen molar-refractivity contribution in [2.75, 3.05) is 0 Å². The molecule has 6 heavy (non-hydrogen) atoms. The van der Waals surface area contributed by atoms with Gasteiger partial charge in [0, 0.05) is 5.71 Å². The van der Waals surface area contributed by atoms with E-state index in [0.29, 0.717) is 5.92 Å². The minimum Gasteiger partial charge on any atom is -0.310 e. The maximum Gasteiger partial charge on any atom is 0.00836 e. The van der Waals surface area contributed by atoms with Crippen molar-refractivity contribution in [1.29, 1.82) is 5.41 Å². The minimum absolute atomic E-state index is 0.435. The van der Waals surface area contributed by atoms with Gasteiger partial charge in [0.05, 0.1) is 0 Å². The third kappa shape index (κ3) is 1.94. The van der Waals surface area contributed by atoms with E-state index in [1.807, 2.05) is 20.8 Å². The summed E-state index contributed by atoms with van der Waals surface area (Å²) in [5, 5.41) is 6.95. The number of rotatable bonds is 1. The van der Waals surface area contributed by atoms with Crippen molar-refractivity contribution in [2.45, 2.75) is 20.8 Å². The number of hydrogen-bond acceptors (Lipinski definition) is 1. The first-order valence-electron chi connectivity index (χ1n) is 2.19. The highest BCUT2D eigenvalue weighted by molar-refractivity contribution is 5.80. The van der Waals surface area contributed by atoms with E-state index in [4.69, 9.17) is 5.41 Å². The summed E-state index contributed by atoms with van der Waals surface area (Å²) < 4.78 is 0. The summed E-state index contributed by atoms with van der Waals surface area (Å²) in [7, 11) is 0. The molecule has 0 spiro atoms. The third-order valence-corrected chi connectivity index (χ3v) is 0.866. The molecular formula is C5H11N. The highest BCUT2D eigenvalue weighted by Crippen LogP contribution is 1.90. The second kappa shape index (κ2) is 1.96. The van der Waals surface area contributed by atoms with Crippen molar-refractivity contribution in [1.82, 2.24) is 0 Å². The van der Waals surface area contributed by atoms with Gasteiger partial charge in [-0.1, -0.05) is 13.8 Å². The molecule has 0 saturated heterocycles. The van der Waals surface area contributed by atoms with Gasteiger partial charge in [-0.25, -0.2) is 0 Å². The molecular weight excluding hydrogens is 74.1 g/mol. The van der Waals surface area contributed by atoms with Crippen LogP contribution in [0.5, 0.6) is 0 Å². The van der Waals surface area contributed by atoms with Crippen LogP contribution in [0.3, 0.4) is 0 Å². The summed E-state index contributed by atoms with van der Waals surface area (Å²) in [6.07, 6.45) is 0. The lowest BCUT2D eigenvalue weighted by atomic mass is 10.1. The van der Waals surface area contributed by atoms with Crippen molar-refractivity contribution < 1.29 is 0 Å². The fraction of sp³-hybridized carbons (Fsp3) is 0.800. The molecule has 1 N–H and O–H groups in total. The Morgan fingerprint density at radius 1 is 1.50 bits per heavy atom. The summed E-state index contributed by atoms with van der Waals surface area (Å²) in [6, 6.07) is 0. The molecule has 0 aliphatic carbocycles. The van der Waals surface area contributed by atoms with Gasteiger partial charge in [-0.15, -0.1) is 0 Å². The summed E-state index contributed by atoms with van der Waals surface area (Å²) in [4.78, 5) is 0. The van der Waals surface area contributed by atoms with Crippen LogP contribution in [-0.2, 0) is 0 Å². The largest absolute Gasteiger partial charge is 0.310 e. The Balaban J connectivity index is 3.26. The van der Waals surface area contributed by atoms with Crippen molar-refractivity contribution >= 4 is 5.71 Å². The van der Waals surface area contributed by atoms with E-state index in [9.17, 15) is 0 Å². The minimum atomic E-state index is 0.435. The van der Waals surface area contributed by atoms with Crippen LogP contribution in [0, 0.1) is 11.3 Å². The van der Waals surface area contributed by atoms with E-state index in [-0.39, 0.29) is 0 Å². The molecule has 1 nitrogen and oxygen atoms in total. The topological polar surface area (TPSA) is 23.9 Å². The molecule has 0 aliphatic heterocycles. The Labute approximate surface area is 38.9 Å². The monoisotopic (exact) mass is 85.1 g/mol. The van der Waals surface area contributed by atoms with Crippen molar-refractivity contribution in [2.24, 2.45) is 5.92 Å². The highest BCUT2D eigenvalue weighted by atomic mass is 14.4. The second-order valence-corrected chi connectivity index (χ2v) is 1.84. The molecule has 0 amide bonds. The van der Waals surface area contributed by atoms with Crippen LogP contribution >= 0.6 is 0 Å². The first-order chi connectivity index (χ1) is 2.64. The number of hydrogen-bond donors (Lipinski definition) is 1. The molecule has 0 bridgehead atoms. The fourth-order valence-electron chi connectivity index (χ4n) is 0. The normalized spacial score (nSPS) is 9.33. The first kappa shape index (κ1) is 5.67. The predicted molar refractivity (Wildman–Crippen MR) is 28.2 cm³/mol. The van der Waals surface area contributed by atoms with E-state index in [2.05, 4.69) is 0 Å². The van der Waals surface area contributed by atoms with Crippen LogP contribution < -0.4 is 0 Å². The van der Waals surface area contributed by atoms with E-state index in [1.165, 1.54) is 0 Å². The number of nitrogens with one attached hydrogen (secondary N) is 1. The molecule has 0 aromatic carbocycles. The van der Waals surface area contributed by atoms with Crippen LogP contribution in [-0.4, -0.2) is 5.71 Å². The summed E-state index contributed by atoms with van der Waals surface area (Å²) in [6.45, 7) is 5.86. The van der Waals surface area contributed by atoms with Gasteiger partial charge in [0.2, 0.25) is 0 Å². The van der Waals surface area contributed by atoms with Crippen LogP contribution in [0.1, 0.15) is 20.8 Å². The van der Waals surface area contributed by atoms with Gasteiger partial charge < -0.3 is 5.41 Å². The zero-order valence-electron chi connectivity index (χ0n) is 4.58. The molecule has 0 fully saturated rings. The average molecular weight is 85.2 g/mol. The standard InChI is InChI=1S/C5H11N/c1-4(2)5(3)6/h4,6H,1-3H3. The van der Waals surface area contributed by atoms with E-state index < -0.39 is 0 Å². The zero-order chi connectivity index (χ0) is 5.15. The quantitative estimate of drug-likeness (QED) is 0.468. The Hall–Kier alpha value is -0.330. The molecule has 0 unspecified atom stereocenters. The molecule has 0 heterocycles. The zero-order valence-corrected chi connectivity index (χ0v) is 4.58. The van der Waals surface area contributed by atoms with Crippen molar-refractivity contribution in [3.63, 3.8) is 0 Å². The van der Waals surface area contributed by atoms with Crippen molar-refractivity contribution in [3.8, 4) is 0 Å². The van der Waals surface area contributed by atoms with Gasteiger partial charge in [-0.3, -0.25) is 0 Å². The fourth-order valence-corrected chi connectivity index (χ4v) is 0. The Morgan fingerprint density at radius 3 is 1.67 bits per heavy atom. The van der Waals surface area contributed by atoms with Gasteiger partial charge in [0.1, 0.15) is 0 Å². The summed E-state index contributed by atoms with van der Waals surface area (Å²) in [5.74, 6) is 0.435. The molecule has 0 aromatic rings. The maximum atomic E-state index is 6.95. The van der Waals surface area contributed by atoms with E-state index in [1.54, 1.807) is 0 Å². The summed E-state index contributed by atoms with van der Waals surface area (Å²) >= 11 is 0. The second-order valence-electron chi connectivity index (χ2n) is 1.84. The van der Waals surface area contributed by atoms with Gasteiger partial charge in [0.15, 0.2) is 0 Å². The lowest BCUT2D eigenvalue weighted by Crippen LogP contribution is -1.97. The molecule has 0 rings (SSSR count). The summed E-state index contributed by atoms with van der Waals surface area (Å²) in [5.41, 5.74) is 0.759. The lowest BCUT2D eigenvalue weighted by molar-refractivity contribution is 0.871. The van der Waals surface area contributed by atoms with Gasteiger partial charge >= 0.3 is 0 Å². The molecule has 1 heteroatoms. The van der Waals surface area contributed by atoms with Crippen LogP contribution in [0.25, 0.3) is 0 Å². The van der Waals surface area contributed by atoms with Crippen molar-refractivity contribution in [3.05, 3.63) is 0 Å². The van der Waals surface area contributed by atoms with Crippen LogP contribution in [0.15, 0.2) is 0 Å². The highest BCUT2D eigenvalue weighted by Gasteiger charge is 1.90. The average Bonchev–Trinajstić information content (AvgIpc) is 1.36. The lowest BCUT2D eigenvalue weighted by Gasteiger charge is -1.95. The molecule has 36 valence electrons. The SMILES string of the molecule is CC(=N)C(C)C. The molecule has 0 aliphatic rings. The Kier molecular flexibility index (Phi) is 1.85. The van der Waals surface area contributed by atoms with Crippen LogP contribution in [0.2, 0.25) is 0 Å². The molecule has 0 radical (unpaired) electrons.